The number of nitro benzene ring substituents is 1. The summed E-state index contributed by atoms with van der Waals surface area (Å²) in [7, 11) is -2.01. The van der Waals surface area contributed by atoms with Gasteiger partial charge in [-0.1, -0.05) is 6.07 Å². The molecule has 0 radical (unpaired) electrons. The van der Waals surface area contributed by atoms with Crippen LogP contribution in [0.1, 0.15) is 0 Å². The third kappa shape index (κ3) is 2.77. The van der Waals surface area contributed by atoms with Gasteiger partial charge >= 0.3 is 0 Å². The van der Waals surface area contributed by atoms with Crippen molar-refractivity contribution in [1.82, 2.24) is 4.90 Å². The molecule has 0 N–H and O–H groups in total. The van der Waals surface area contributed by atoms with Crippen molar-refractivity contribution in [2.75, 3.05) is 7.05 Å². The maximum Gasteiger partial charge on any atom is 0.270 e. The second kappa shape index (κ2) is 5.30. The summed E-state index contributed by atoms with van der Waals surface area (Å²) in [5, 5.41) is 10.7. The second-order valence-corrected chi connectivity index (χ2v) is 6.10. The Morgan fingerprint density at radius 2 is 2.00 bits per heavy atom. The van der Waals surface area contributed by atoms with Gasteiger partial charge in [0.05, 0.1) is 14.7 Å². The number of nitrogens with zero attached hydrogens (tertiary/aromatic N) is 2. The Kier molecular flexibility index (Phi) is 3.71. The van der Waals surface area contributed by atoms with Gasteiger partial charge in [-0.05, 0) is 24.3 Å². The first-order chi connectivity index (χ1) is 9.41. The summed E-state index contributed by atoms with van der Waals surface area (Å²) in [5.74, 6) is 0. The highest BCUT2D eigenvalue weighted by atomic mass is 32.2. The average Bonchev–Trinajstić information content (AvgIpc) is 2.64. The molecule has 1 aliphatic rings. The lowest BCUT2D eigenvalue weighted by atomic mass is 10.3. The summed E-state index contributed by atoms with van der Waals surface area (Å²) in [6.07, 6.45) is 7.81. The van der Waals surface area contributed by atoms with Crippen LogP contribution >= 0.6 is 0 Å². The molecule has 0 fully saturated rings. The molecule has 1 heterocycles. The number of benzene rings is 1. The molecular weight excluding hydrogens is 280 g/mol. The lowest BCUT2D eigenvalue weighted by Crippen LogP contribution is -2.04. The molecule has 0 amide bonds. The summed E-state index contributed by atoms with van der Waals surface area (Å²) >= 11 is 0. The van der Waals surface area contributed by atoms with Gasteiger partial charge in [0.1, 0.15) is 0 Å². The van der Waals surface area contributed by atoms with E-state index in [-0.39, 0.29) is 15.5 Å². The van der Waals surface area contributed by atoms with E-state index in [2.05, 4.69) is 0 Å². The SMILES string of the molecule is CN1C=CC=C(S(=O)(=O)c2cccc([N+](=O)[O-])c2)C=C1. The average molecular weight is 292 g/mol. The van der Waals surface area contributed by atoms with Crippen LogP contribution in [0.2, 0.25) is 0 Å². The van der Waals surface area contributed by atoms with Crippen LogP contribution in [0.3, 0.4) is 0 Å². The maximum absolute atomic E-state index is 12.4. The number of non-ortho nitro benzene ring substituents is 1. The molecule has 0 saturated carbocycles. The minimum Gasteiger partial charge on any atom is -0.357 e. The van der Waals surface area contributed by atoms with Gasteiger partial charge in [-0.3, -0.25) is 10.1 Å². The molecule has 0 saturated heterocycles. The standard InChI is InChI=1S/C13H12N2O4S/c1-14-8-3-6-12(7-9-14)20(18,19)13-5-2-4-11(10-13)15(16)17/h2-10H,1H3. The summed E-state index contributed by atoms with van der Waals surface area (Å²) in [6.45, 7) is 0. The van der Waals surface area contributed by atoms with Crippen LogP contribution in [0.25, 0.3) is 0 Å². The van der Waals surface area contributed by atoms with Crippen LogP contribution in [0.5, 0.6) is 0 Å². The smallest absolute Gasteiger partial charge is 0.270 e. The second-order valence-electron chi connectivity index (χ2n) is 4.15. The number of rotatable bonds is 3. The van der Waals surface area contributed by atoms with Gasteiger partial charge in [0.15, 0.2) is 0 Å². The summed E-state index contributed by atoms with van der Waals surface area (Å²) in [5.41, 5.74) is -0.253. The molecule has 0 bridgehead atoms. The van der Waals surface area contributed by atoms with Gasteiger partial charge in [0.2, 0.25) is 9.84 Å². The van der Waals surface area contributed by atoms with Gasteiger partial charge in [-0.25, -0.2) is 8.42 Å². The fourth-order valence-corrected chi connectivity index (χ4v) is 2.95. The third-order valence-electron chi connectivity index (χ3n) is 2.70. The lowest BCUT2D eigenvalue weighted by Gasteiger charge is -2.06. The topological polar surface area (TPSA) is 80.5 Å². The molecule has 7 heteroatoms. The summed E-state index contributed by atoms with van der Waals surface area (Å²) in [6, 6.07) is 5.01. The molecule has 0 atom stereocenters. The van der Waals surface area contributed by atoms with Crippen molar-refractivity contribution < 1.29 is 13.3 Å². The molecular formula is C13H12N2O4S. The maximum atomic E-state index is 12.4. The molecule has 1 aromatic carbocycles. The Bertz CT molecular complexity index is 732. The normalized spacial score (nSPS) is 14.8. The molecule has 2 rings (SSSR count). The largest absolute Gasteiger partial charge is 0.357 e. The highest BCUT2D eigenvalue weighted by Crippen LogP contribution is 2.24. The van der Waals surface area contributed by atoms with E-state index in [1.54, 1.807) is 30.4 Å². The monoisotopic (exact) mass is 292 g/mol. The zero-order valence-electron chi connectivity index (χ0n) is 10.6. The van der Waals surface area contributed by atoms with Gasteiger partial charge < -0.3 is 4.90 Å². The number of nitro groups is 1. The number of hydrogen-bond acceptors (Lipinski definition) is 5. The minimum absolute atomic E-state index is 0.0820. The highest BCUT2D eigenvalue weighted by Gasteiger charge is 2.21. The number of hydrogen-bond donors (Lipinski definition) is 0. The molecule has 6 nitrogen and oxygen atoms in total. The van der Waals surface area contributed by atoms with E-state index in [0.717, 1.165) is 6.07 Å². The Morgan fingerprint density at radius 3 is 2.70 bits per heavy atom. The minimum atomic E-state index is -3.77. The Labute approximate surface area is 116 Å². The van der Waals surface area contributed by atoms with Crippen LogP contribution in [0.15, 0.2) is 64.7 Å². The van der Waals surface area contributed by atoms with E-state index >= 15 is 0 Å². The Morgan fingerprint density at radius 1 is 1.25 bits per heavy atom. The first kappa shape index (κ1) is 14.0. The molecule has 104 valence electrons. The Hall–Kier alpha value is -2.41. The summed E-state index contributed by atoms with van der Waals surface area (Å²) in [4.78, 5) is 11.8. The number of sulfone groups is 1. The van der Waals surface area contributed by atoms with E-state index in [9.17, 15) is 18.5 Å². The molecule has 1 aliphatic heterocycles. The van der Waals surface area contributed by atoms with Crippen molar-refractivity contribution in [3.63, 3.8) is 0 Å². The fraction of sp³-hybridized carbons (Fsp3) is 0.0769. The van der Waals surface area contributed by atoms with E-state index in [1.807, 2.05) is 0 Å². The van der Waals surface area contributed by atoms with E-state index < -0.39 is 14.8 Å². The predicted octanol–water partition coefficient (Wildman–Crippen LogP) is 2.23. The quantitative estimate of drug-likeness (QED) is 0.630. The van der Waals surface area contributed by atoms with E-state index in [4.69, 9.17) is 0 Å². The molecule has 0 aromatic heterocycles. The van der Waals surface area contributed by atoms with Gasteiger partial charge in [-0.15, -0.1) is 0 Å². The van der Waals surface area contributed by atoms with Crippen LogP contribution in [-0.4, -0.2) is 25.3 Å². The molecule has 0 unspecified atom stereocenters. The third-order valence-corrected chi connectivity index (χ3v) is 4.47. The van der Waals surface area contributed by atoms with Crippen LogP contribution in [0.4, 0.5) is 5.69 Å². The van der Waals surface area contributed by atoms with Gasteiger partial charge in [-0.2, -0.15) is 0 Å². The van der Waals surface area contributed by atoms with E-state index in [0.29, 0.717) is 0 Å². The van der Waals surface area contributed by atoms with Crippen molar-refractivity contribution in [3.05, 3.63) is 69.9 Å². The van der Waals surface area contributed by atoms with Crippen molar-refractivity contribution in [2.24, 2.45) is 0 Å². The summed E-state index contributed by atoms with van der Waals surface area (Å²) < 4.78 is 24.9. The lowest BCUT2D eigenvalue weighted by molar-refractivity contribution is -0.385. The van der Waals surface area contributed by atoms with Gasteiger partial charge in [0.25, 0.3) is 5.69 Å². The highest BCUT2D eigenvalue weighted by molar-refractivity contribution is 7.95. The molecule has 1 aromatic rings. The van der Waals surface area contributed by atoms with Crippen molar-refractivity contribution in [1.29, 1.82) is 0 Å². The fourth-order valence-electron chi connectivity index (χ4n) is 1.65. The van der Waals surface area contributed by atoms with Crippen molar-refractivity contribution in [2.45, 2.75) is 4.90 Å². The van der Waals surface area contributed by atoms with Crippen molar-refractivity contribution in [3.8, 4) is 0 Å². The van der Waals surface area contributed by atoms with E-state index in [1.165, 1.54) is 30.4 Å². The Balaban J connectivity index is 2.48. The zero-order valence-corrected chi connectivity index (χ0v) is 11.4. The molecule has 20 heavy (non-hydrogen) atoms. The predicted molar refractivity (Wildman–Crippen MR) is 74.4 cm³/mol. The molecule has 0 aliphatic carbocycles. The number of allylic oxidation sites excluding steroid dienone is 3. The van der Waals surface area contributed by atoms with Crippen molar-refractivity contribution >= 4 is 15.5 Å². The van der Waals surface area contributed by atoms with Crippen LogP contribution < -0.4 is 0 Å². The first-order valence-electron chi connectivity index (χ1n) is 5.69. The van der Waals surface area contributed by atoms with Crippen LogP contribution in [0, 0.1) is 10.1 Å². The van der Waals surface area contributed by atoms with Gasteiger partial charge in [0, 0.05) is 31.6 Å². The first-order valence-corrected chi connectivity index (χ1v) is 7.18. The van der Waals surface area contributed by atoms with Crippen LogP contribution in [-0.2, 0) is 9.84 Å². The zero-order chi connectivity index (χ0) is 14.8. The molecule has 0 spiro atoms.